The molecule has 0 heterocycles. The average Bonchev–Trinajstić information content (AvgIpc) is 2.63. The Kier molecular flexibility index (Phi) is 6.76. The van der Waals surface area contributed by atoms with Crippen LogP contribution in [0.3, 0.4) is 0 Å². The largest absolute Gasteiger partial charge is 1.00 e. The van der Waals surface area contributed by atoms with E-state index in [1.54, 1.807) is 18.2 Å². The van der Waals surface area contributed by atoms with Crippen LogP contribution in [0, 0.1) is 0 Å². The van der Waals surface area contributed by atoms with Gasteiger partial charge in [0.25, 0.3) is 0 Å². The first-order valence-corrected chi connectivity index (χ1v) is 8.21. The number of nitrogens with zero attached hydrogens (tertiary/aromatic N) is 1. The number of phenols is 1. The molecule has 6 heteroatoms. The SMILES string of the molecule is COc1ccc2c(Cc3ccccc3N(C)C)c(O)cc(C(=O)[O-])c2c1.[Na+]. The van der Waals surface area contributed by atoms with E-state index in [0.717, 1.165) is 11.3 Å². The number of benzene rings is 3. The Morgan fingerprint density at radius 2 is 1.81 bits per heavy atom. The summed E-state index contributed by atoms with van der Waals surface area (Å²) in [6.45, 7) is 0. The molecule has 5 nitrogen and oxygen atoms in total. The smallest absolute Gasteiger partial charge is 0.545 e. The van der Waals surface area contributed by atoms with Gasteiger partial charge in [0.05, 0.1) is 13.1 Å². The minimum absolute atomic E-state index is 0. The number of carbonyl (C=O) groups is 1. The molecule has 0 unspecified atom stereocenters. The molecule has 0 bridgehead atoms. The fourth-order valence-corrected chi connectivity index (χ4v) is 3.22. The van der Waals surface area contributed by atoms with E-state index in [-0.39, 0.29) is 40.9 Å². The molecular weight excluding hydrogens is 353 g/mol. The number of methoxy groups -OCH3 is 1. The molecule has 0 aromatic heterocycles. The zero-order valence-electron chi connectivity index (χ0n) is 15.9. The van der Waals surface area contributed by atoms with Gasteiger partial charge in [-0.2, -0.15) is 0 Å². The third-order valence-electron chi connectivity index (χ3n) is 4.49. The molecule has 0 atom stereocenters. The van der Waals surface area contributed by atoms with E-state index in [0.29, 0.717) is 28.5 Å². The Labute approximate surface area is 180 Å². The van der Waals surface area contributed by atoms with Gasteiger partial charge in [-0.15, -0.1) is 0 Å². The van der Waals surface area contributed by atoms with Crippen molar-refractivity contribution in [2.75, 3.05) is 26.1 Å². The summed E-state index contributed by atoms with van der Waals surface area (Å²) in [4.78, 5) is 13.5. The zero-order valence-corrected chi connectivity index (χ0v) is 17.9. The summed E-state index contributed by atoms with van der Waals surface area (Å²) in [5, 5.41) is 23.2. The van der Waals surface area contributed by atoms with Gasteiger partial charge in [-0.05, 0) is 40.6 Å². The first-order valence-electron chi connectivity index (χ1n) is 8.21. The molecule has 0 amide bonds. The van der Waals surface area contributed by atoms with Crippen LogP contribution in [-0.4, -0.2) is 32.3 Å². The van der Waals surface area contributed by atoms with Gasteiger partial charge in [-0.3, -0.25) is 0 Å². The van der Waals surface area contributed by atoms with Crippen molar-refractivity contribution < 1.29 is 49.3 Å². The van der Waals surface area contributed by atoms with E-state index < -0.39 is 5.97 Å². The summed E-state index contributed by atoms with van der Waals surface area (Å²) in [5.41, 5.74) is 2.69. The number of carbonyl (C=O) groups excluding carboxylic acids is 1. The van der Waals surface area contributed by atoms with Crippen LogP contribution in [0.4, 0.5) is 5.69 Å². The van der Waals surface area contributed by atoms with Gasteiger partial charge in [0.1, 0.15) is 11.5 Å². The third kappa shape index (κ3) is 4.21. The van der Waals surface area contributed by atoms with Crippen molar-refractivity contribution in [2.24, 2.45) is 0 Å². The third-order valence-corrected chi connectivity index (χ3v) is 4.49. The van der Waals surface area contributed by atoms with E-state index in [2.05, 4.69) is 0 Å². The van der Waals surface area contributed by atoms with Gasteiger partial charge in [-0.1, -0.05) is 24.3 Å². The molecule has 0 saturated carbocycles. The van der Waals surface area contributed by atoms with Crippen LogP contribution in [0.2, 0.25) is 0 Å². The number of carboxylic acids is 1. The Morgan fingerprint density at radius 3 is 2.44 bits per heavy atom. The fraction of sp³-hybridized carbons (Fsp3) is 0.190. The number of fused-ring (bicyclic) bond motifs is 1. The Hall–Kier alpha value is -2.21. The maximum absolute atomic E-state index is 11.5. The van der Waals surface area contributed by atoms with E-state index >= 15 is 0 Å². The van der Waals surface area contributed by atoms with Crippen LogP contribution in [0.25, 0.3) is 10.8 Å². The molecule has 0 aliphatic carbocycles. The summed E-state index contributed by atoms with van der Waals surface area (Å²) in [5.74, 6) is -0.848. The van der Waals surface area contributed by atoms with E-state index in [4.69, 9.17) is 4.74 Å². The standard InChI is InChI=1S/C21H21NO4.Na/c1-22(2)19-7-5-4-6-13(19)10-17-15-9-8-14(26-3)11-16(15)18(21(24)25)12-20(17)23;/h4-9,11-12,23H,10H2,1-3H3,(H,24,25);/q;+1/p-1. The van der Waals surface area contributed by atoms with Crippen molar-refractivity contribution in [2.45, 2.75) is 6.42 Å². The van der Waals surface area contributed by atoms with Gasteiger partial charge in [0, 0.05) is 37.3 Å². The van der Waals surface area contributed by atoms with Gasteiger partial charge in [-0.25, -0.2) is 0 Å². The number of anilines is 1. The van der Waals surface area contributed by atoms with Gasteiger partial charge >= 0.3 is 29.6 Å². The monoisotopic (exact) mass is 373 g/mol. The fourth-order valence-electron chi connectivity index (χ4n) is 3.22. The molecule has 3 aromatic rings. The first-order chi connectivity index (χ1) is 12.4. The second-order valence-corrected chi connectivity index (χ2v) is 6.32. The predicted molar refractivity (Wildman–Crippen MR) is 100 cm³/mol. The first kappa shape index (κ1) is 21.1. The Balaban J connectivity index is 0.00000261. The minimum Gasteiger partial charge on any atom is -0.545 e. The average molecular weight is 373 g/mol. The second kappa shape index (κ2) is 8.65. The summed E-state index contributed by atoms with van der Waals surface area (Å²) >= 11 is 0. The van der Waals surface area contributed by atoms with Crippen molar-refractivity contribution in [3.8, 4) is 11.5 Å². The summed E-state index contributed by atoms with van der Waals surface area (Å²) in [7, 11) is 5.44. The number of hydrogen-bond donors (Lipinski definition) is 1. The van der Waals surface area contributed by atoms with Crippen molar-refractivity contribution in [1.29, 1.82) is 0 Å². The van der Waals surface area contributed by atoms with Crippen LogP contribution in [0.15, 0.2) is 48.5 Å². The second-order valence-electron chi connectivity index (χ2n) is 6.32. The summed E-state index contributed by atoms with van der Waals surface area (Å²) in [6.07, 6.45) is 0.469. The molecule has 0 fully saturated rings. The minimum atomic E-state index is -1.33. The predicted octanol–water partition coefficient (Wildman–Crippen LogP) is -0.422. The molecule has 27 heavy (non-hydrogen) atoms. The van der Waals surface area contributed by atoms with Crippen molar-refractivity contribution >= 4 is 22.4 Å². The number of rotatable bonds is 5. The van der Waals surface area contributed by atoms with E-state index in [1.165, 1.54) is 13.2 Å². The molecule has 0 saturated heterocycles. The van der Waals surface area contributed by atoms with Crippen LogP contribution < -0.4 is 44.3 Å². The van der Waals surface area contributed by atoms with E-state index in [1.807, 2.05) is 43.3 Å². The summed E-state index contributed by atoms with van der Waals surface area (Å²) in [6, 6.07) is 14.3. The van der Waals surface area contributed by atoms with Crippen molar-refractivity contribution in [1.82, 2.24) is 0 Å². The molecule has 3 rings (SSSR count). The number of carboxylic acid groups (broad SMARTS) is 1. The Morgan fingerprint density at radius 1 is 1.11 bits per heavy atom. The van der Waals surface area contributed by atoms with Gasteiger partial charge in [0.2, 0.25) is 0 Å². The molecule has 0 aliphatic rings. The van der Waals surface area contributed by atoms with Crippen LogP contribution in [-0.2, 0) is 6.42 Å². The number of aromatic hydroxyl groups is 1. The topological polar surface area (TPSA) is 72.8 Å². The molecule has 0 spiro atoms. The molecule has 0 aliphatic heterocycles. The number of para-hydroxylation sites is 1. The number of aromatic carboxylic acids is 1. The van der Waals surface area contributed by atoms with Gasteiger partial charge in [0.15, 0.2) is 0 Å². The Bertz CT molecular complexity index is 985. The molecule has 1 N–H and O–H groups in total. The number of phenolic OH excluding ortho intramolecular Hbond substituents is 1. The zero-order chi connectivity index (χ0) is 18.8. The van der Waals surface area contributed by atoms with Crippen molar-refractivity contribution in [3.05, 3.63) is 65.2 Å². The number of ether oxygens (including phenoxy) is 1. The summed E-state index contributed by atoms with van der Waals surface area (Å²) < 4.78 is 5.21. The normalized spacial score (nSPS) is 10.3. The van der Waals surface area contributed by atoms with Crippen LogP contribution in [0.5, 0.6) is 11.5 Å². The van der Waals surface area contributed by atoms with Crippen LogP contribution in [0.1, 0.15) is 21.5 Å². The molecular formula is C21H20NNaO4. The number of hydrogen-bond acceptors (Lipinski definition) is 5. The molecule has 134 valence electrons. The van der Waals surface area contributed by atoms with E-state index in [9.17, 15) is 15.0 Å². The van der Waals surface area contributed by atoms with Crippen molar-refractivity contribution in [3.63, 3.8) is 0 Å². The van der Waals surface area contributed by atoms with Gasteiger partial charge < -0.3 is 24.6 Å². The quantitative estimate of drug-likeness (QED) is 0.615. The molecule has 3 aromatic carbocycles. The maximum Gasteiger partial charge on any atom is 1.00 e. The molecule has 0 radical (unpaired) electrons. The van der Waals surface area contributed by atoms with Crippen LogP contribution >= 0.6 is 0 Å². The maximum atomic E-state index is 11.5.